The number of nitrogens with zero attached hydrogens (tertiary/aromatic N) is 3. The number of piperazine rings is 1. The molecule has 5 nitrogen and oxygen atoms in total. The van der Waals surface area contributed by atoms with Crippen molar-refractivity contribution in [2.75, 3.05) is 31.1 Å². The van der Waals surface area contributed by atoms with Crippen LogP contribution in [0.25, 0.3) is 0 Å². The minimum atomic E-state index is 0.0893. The van der Waals surface area contributed by atoms with E-state index in [1.165, 1.54) is 0 Å². The first-order valence-electron chi connectivity index (χ1n) is 6.46. The maximum atomic E-state index is 12.0. The van der Waals surface area contributed by atoms with Crippen LogP contribution in [-0.2, 0) is 4.79 Å². The third-order valence-electron chi connectivity index (χ3n) is 3.72. The van der Waals surface area contributed by atoms with Gasteiger partial charge in [-0.15, -0.1) is 0 Å². The monoisotopic (exact) mass is 246 g/mol. The molecule has 0 spiro atoms. The van der Waals surface area contributed by atoms with Crippen LogP contribution < -0.4 is 10.6 Å². The summed E-state index contributed by atoms with van der Waals surface area (Å²) in [5.41, 5.74) is 5.72. The minimum Gasteiger partial charge on any atom is -0.353 e. The topological polar surface area (TPSA) is 62.5 Å². The molecule has 1 amide bonds. The highest BCUT2D eigenvalue weighted by molar-refractivity contribution is 5.82. The number of carbonyl (C=O) groups is 1. The fourth-order valence-corrected chi connectivity index (χ4v) is 2.43. The molecule has 2 fully saturated rings. The lowest BCUT2D eigenvalue weighted by Crippen LogP contribution is -2.49. The third kappa shape index (κ3) is 2.18. The van der Waals surface area contributed by atoms with Gasteiger partial charge in [0.2, 0.25) is 5.91 Å². The molecular formula is C13H18N4O. The van der Waals surface area contributed by atoms with Crippen LogP contribution in [0.3, 0.4) is 0 Å². The van der Waals surface area contributed by atoms with Gasteiger partial charge >= 0.3 is 0 Å². The number of amides is 1. The molecule has 0 aromatic carbocycles. The number of anilines is 1. The van der Waals surface area contributed by atoms with Crippen LogP contribution in [-0.4, -0.2) is 48.0 Å². The number of hydrogen-bond acceptors (Lipinski definition) is 4. The van der Waals surface area contributed by atoms with E-state index < -0.39 is 0 Å². The summed E-state index contributed by atoms with van der Waals surface area (Å²) in [4.78, 5) is 20.5. The van der Waals surface area contributed by atoms with Gasteiger partial charge in [-0.1, -0.05) is 6.07 Å². The van der Waals surface area contributed by atoms with Crippen molar-refractivity contribution in [3.63, 3.8) is 0 Å². The maximum Gasteiger partial charge on any atom is 0.227 e. The molecule has 1 aromatic heterocycles. The van der Waals surface area contributed by atoms with Crippen molar-refractivity contribution in [1.29, 1.82) is 0 Å². The van der Waals surface area contributed by atoms with E-state index in [0.29, 0.717) is 0 Å². The summed E-state index contributed by atoms with van der Waals surface area (Å²) in [7, 11) is 0. The van der Waals surface area contributed by atoms with Crippen molar-refractivity contribution in [3.8, 4) is 0 Å². The largest absolute Gasteiger partial charge is 0.353 e. The summed E-state index contributed by atoms with van der Waals surface area (Å²) in [5, 5.41) is 0. The van der Waals surface area contributed by atoms with E-state index in [1.807, 2.05) is 23.1 Å². The lowest BCUT2D eigenvalue weighted by Gasteiger charge is -2.35. The first kappa shape index (κ1) is 11.5. The maximum absolute atomic E-state index is 12.0. The Kier molecular flexibility index (Phi) is 2.91. The summed E-state index contributed by atoms with van der Waals surface area (Å²) in [5.74, 6) is 1.32. The van der Waals surface area contributed by atoms with Crippen molar-refractivity contribution in [1.82, 2.24) is 9.88 Å². The molecule has 2 heterocycles. The van der Waals surface area contributed by atoms with Crippen molar-refractivity contribution in [2.24, 2.45) is 11.7 Å². The van der Waals surface area contributed by atoms with Crippen LogP contribution in [0.5, 0.6) is 0 Å². The predicted octanol–water partition coefficient (Wildman–Crippen LogP) is 0.0774. The van der Waals surface area contributed by atoms with Crippen LogP contribution in [0.1, 0.15) is 6.42 Å². The third-order valence-corrected chi connectivity index (χ3v) is 3.72. The second-order valence-electron chi connectivity index (χ2n) is 5.01. The Bertz CT molecular complexity index is 428. The molecule has 2 unspecified atom stereocenters. The molecule has 2 atom stereocenters. The lowest BCUT2D eigenvalue weighted by molar-refractivity contribution is -0.132. The van der Waals surface area contributed by atoms with E-state index in [9.17, 15) is 4.79 Å². The Morgan fingerprint density at radius 3 is 2.56 bits per heavy atom. The van der Waals surface area contributed by atoms with Crippen molar-refractivity contribution in [3.05, 3.63) is 24.4 Å². The predicted molar refractivity (Wildman–Crippen MR) is 69.1 cm³/mol. The molecule has 1 aliphatic heterocycles. The molecule has 1 saturated carbocycles. The summed E-state index contributed by atoms with van der Waals surface area (Å²) in [6.45, 7) is 3.26. The number of aromatic nitrogens is 1. The Balaban J connectivity index is 1.57. The van der Waals surface area contributed by atoms with Crippen LogP contribution in [0.4, 0.5) is 5.82 Å². The Morgan fingerprint density at radius 2 is 2.00 bits per heavy atom. The second-order valence-corrected chi connectivity index (χ2v) is 5.01. The number of hydrogen-bond donors (Lipinski definition) is 1. The number of carbonyl (C=O) groups excluding carboxylic acids is 1. The zero-order valence-corrected chi connectivity index (χ0v) is 10.3. The van der Waals surface area contributed by atoms with Gasteiger partial charge in [-0.25, -0.2) is 4.98 Å². The summed E-state index contributed by atoms with van der Waals surface area (Å²) < 4.78 is 0. The van der Waals surface area contributed by atoms with Crippen molar-refractivity contribution in [2.45, 2.75) is 12.5 Å². The van der Waals surface area contributed by atoms with Crippen LogP contribution in [0.2, 0.25) is 0 Å². The average Bonchev–Trinajstić information content (AvgIpc) is 3.16. The standard InChI is InChI=1S/C13H18N4O/c14-11-9-10(11)13(18)17-7-5-16(6-8-17)12-3-1-2-4-15-12/h1-4,10-11H,5-9,14H2. The van der Waals surface area contributed by atoms with Crippen LogP contribution >= 0.6 is 0 Å². The van der Waals surface area contributed by atoms with E-state index >= 15 is 0 Å². The fraction of sp³-hybridized carbons (Fsp3) is 0.538. The molecule has 1 aromatic rings. The quantitative estimate of drug-likeness (QED) is 0.802. The normalized spacial score (nSPS) is 27.2. The molecule has 1 saturated heterocycles. The summed E-state index contributed by atoms with van der Waals surface area (Å²) in [6.07, 6.45) is 2.66. The molecule has 2 N–H and O–H groups in total. The van der Waals surface area contributed by atoms with Gasteiger partial charge in [-0.2, -0.15) is 0 Å². The first-order valence-corrected chi connectivity index (χ1v) is 6.46. The zero-order valence-electron chi connectivity index (χ0n) is 10.3. The van der Waals surface area contributed by atoms with Gasteiger partial charge in [0.1, 0.15) is 5.82 Å². The van der Waals surface area contributed by atoms with Gasteiger partial charge in [0.25, 0.3) is 0 Å². The van der Waals surface area contributed by atoms with E-state index in [4.69, 9.17) is 5.73 Å². The number of nitrogens with two attached hydrogens (primary N) is 1. The molecule has 0 bridgehead atoms. The molecular weight excluding hydrogens is 228 g/mol. The number of pyridine rings is 1. The van der Waals surface area contributed by atoms with E-state index in [2.05, 4.69) is 9.88 Å². The highest BCUT2D eigenvalue weighted by atomic mass is 16.2. The van der Waals surface area contributed by atoms with Gasteiger partial charge < -0.3 is 15.5 Å². The molecule has 3 rings (SSSR count). The fourth-order valence-electron chi connectivity index (χ4n) is 2.43. The van der Waals surface area contributed by atoms with Gasteiger partial charge in [-0.3, -0.25) is 4.79 Å². The number of rotatable bonds is 2. The van der Waals surface area contributed by atoms with E-state index in [-0.39, 0.29) is 17.9 Å². The van der Waals surface area contributed by atoms with Gasteiger partial charge in [0, 0.05) is 38.4 Å². The van der Waals surface area contributed by atoms with E-state index in [0.717, 1.165) is 38.4 Å². The minimum absolute atomic E-state index is 0.0893. The first-order chi connectivity index (χ1) is 8.75. The molecule has 5 heteroatoms. The van der Waals surface area contributed by atoms with Crippen LogP contribution in [0, 0.1) is 5.92 Å². The molecule has 2 aliphatic rings. The Morgan fingerprint density at radius 1 is 1.28 bits per heavy atom. The molecule has 0 radical (unpaired) electrons. The summed E-state index contributed by atoms with van der Waals surface area (Å²) in [6, 6.07) is 6.01. The van der Waals surface area contributed by atoms with E-state index in [1.54, 1.807) is 6.20 Å². The summed E-state index contributed by atoms with van der Waals surface area (Å²) >= 11 is 0. The lowest BCUT2D eigenvalue weighted by atomic mass is 10.2. The van der Waals surface area contributed by atoms with Crippen molar-refractivity contribution < 1.29 is 4.79 Å². The van der Waals surface area contributed by atoms with Gasteiger partial charge in [0.15, 0.2) is 0 Å². The molecule has 96 valence electrons. The molecule has 18 heavy (non-hydrogen) atoms. The Hall–Kier alpha value is -1.62. The highest BCUT2D eigenvalue weighted by Gasteiger charge is 2.42. The molecule has 1 aliphatic carbocycles. The Labute approximate surface area is 107 Å². The average molecular weight is 246 g/mol. The van der Waals surface area contributed by atoms with Gasteiger partial charge in [0.05, 0.1) is 5.92 Å². The van der Waals surface area contributed by atoms with Crippen molar-refractivity contribution >= 4 is 11.7 Å². The second kappa shape index (κ2) is 4.57. The zero-order chi connectivity index (χ0) is 12.5. The highest BCUT2D eigenvalue weighted by Crippen LogP contribution is 2.30. The smallest absolute Gasteiger partial charge is 0.227 e. The SMILES string of the molecule is NC1CC1C(=O)N1CCN(c2ccccn2)CC1. The van der Waals surface area contributed by atoms with Gasteiger partial charge in [-0.05, 0) is 18.6 Å². The van der Waals surface area contributed by atoms with Crippen LogP contribution in [0.15, 0.2) is 24.4 Å².